The molecule has 0 heterocycles. The Morgan fingerprint density at radius 1 is 1.15 bits per heavy atom. The lowest BCUT2D eigenvalue weighted by molar-refractivity contribution is -0.384. The molecule has 26 heavy (non-hydrogen) atoms. The highest BCUT2D eigenvalue weighted by Gasteiger charge is 2.22. The van der Waals surface area contributed by atoms with Crippen LogP contribution in [0.25, 0.3) is 0 Å². The van der Waals surface area contributed by atoms with Crippen molar-refractivity contribution in [3.05, 3.63) is 58.6 Å². The number of hydrogen-bond acceptors (Lipinski definition) is 7. The van der Waals surface area contributed by atoms with Crippen molar-refractivity contribution < 1.29 is 24.4 Å². The molecule has 2 aromatic carbocycles. The van der Waals surface area contributed by atoms with Gasteiger partial charge in [0.15, 0.2) is 0 Å². The SMILES string of the molecule is COc1ccc(NC(=O)[C@H](CC(=O)[O-])Nc2ccccc2[N+](=O)[O-])cc1. The smallest absolute Gasteiger partial charge is 0.292 e. The number of carbonyl (C=O) groups excluding carboxylic acids is 2. The second-order valence-corrected chi connectivity index (χ2v) is 5.27. The Balaban J connectivity index is 2.19. The Hall–Kier alpha value is -3.62. The molecule has 2 N–H and O–H groups in total. The molecule has 0 bridgehead atoms. The number of methoxy groups -OCH3 is 1. The van der Waals surface area contributed by atoms with Crippen molar-refractivity contribution in [2.75, 3.05) is 17.7 Å². The van der Waals surface area contributed by atoms with E-state index in [9.17, 15) is 24.8 Å². The molecule has 2 aromatic rings. The molecular formula is C17H16N3O6-. The van der Waals surface area contributed by atoms with E-state index in [1.165, 1.54) is 31.4 Å². The second-order valence-electron chi connectivity index (χ2n) is 5.27. The lowest BCUT2D eigenvalue weighted by Gasteiger charge is -2.20. The number of amides is 1. The number of ether oxygens (including phenoxy) is 1. The highest BCUT2D eigenvalue weighted by molar-refractivity contribution is 5.98. The standard InChI is InChI=1S/C17H17N3O6/c1-26-12-8-6-11(7-9-12)18-17(23)14(10-16(21)22)19-13-4-2-3-5-15(13)20(24)25/h2-9,14,19H,10H2,1H3,(H,18,23)(H,21,22)/p-1/t14-/m0/s1. The van der Waals surface area contributed by atoms with Gasteiger partial charge in [-0.25, -0.2) is 0 Å². The molecule has 0 aliphatic heterocycles. The van der Waals surface area contributed by atoms with E-state index >= 15 is 0 Å². The van der Waals surface area contributed by atoms with Crippen molar-refractivity contribution >= 4 is 28.9 Å². The Bertz CT molecular complexity index is 806. The molecule has 0 saturated heterocycles. The van der Waals surface area contributed by atoms with Gasteiger partial charge >= 0.3 is 0 Å². The number of anilines is 2. The summed E-state index contributed by atoms with van der Waals surface area (Å²) >= 11 is 0. The van der Waals surface area contributed by atoms with Crippen LogP contribution < -0.4 is 20.5 Å². The van der Waals surface area contributed by atoms with Crippen molar-refractivity contribution in [3.63, 3.8) is 0 Å². The maximum atomic E-state index is 12.4. The zero-order valence-corrected chi connectivity index (χ0v) is 13.8. The van der Waals surface area contributed by atoms with Crippen molar-refractivity contribution in [1.82, 2.24) is 0 Å². The number of rotatable bonds is 8. The van der Waals surface area contributed by atoms with E-state index in [-0.39, 0.29) is 11.4 Å². The fourth-order valence-corrected chi connectivity index (χ4v) is 2.22. The number of hydrogen-bond donors (Lipinski definition) is 2. The zero-order chi connectivity index (χ0) is 19.1. The number of nitrogens with one attached hydrogen (secondary N) is 2. The average Bonchev–Trinajstić information content (AvgIpc) is 2.61. The molecule has 0 fully saturated rings. The lowest BCUT2D eigenvalue weighted by Crippen LogP contribution is -2.40. The number of carboxylic acids is 1. The molecule has 1 amide bonds. The van der Waals surface area contributed by atoms with Crippen LogP contribution in [0.4, 0.5) is 17.1 Å². The molecule has 2 rings (SSSR count). The van der Waals surface area contributed by atoms with Crippen LogP contribution >= 0.6 is 0 Å². The van der Waals surface area contributed by atoms with Gasteiger partial charge in [0.1, 0.15) is 17.5 Å². The minimum atomic E-state index is -1.47. The van der Waals surface area contributed by atoms with E-state index in [0.29, 0.717) is 11.4 Å². The fourth-order valence-electron chi connectivity index (χ4n) is 2.22. The topological polar surface area (TPSA) is 134 Å². The Labute approximate surface area is 148 Å². The van der Waals surface area contributed by atoms with E-state index in [1.807, 2.05) is 0 Å². The summed E-state index contributed by atoms with van der Waals surface area (Å²) < 4.78 is 5.01. The minimum absolute atomic E-state index is 0.0358. The molecule has 9 nitrogen and oxygen atoms in total. The van der Waals surface area contributed by atoms with Gasteiger partial charge in [0.05, 0.1) is 12.0 Å². The van der Waals surface area contributed by atoms with Crippen LogP contribution in [0.15, 0.2) is 48.5 Å². The van der Waals surface area contributed by atoms with Crippen LogP contribution in [0.5, 0.6) is 5.75 Å². The van der Waals surface area contributed by atoms with Gasteiger partial charge in [0.25, 0.3) is 5.69 Å². The lowest BCUT2D eigenvalue weighted by atomic mass is 10.1. The van der Waals surface area contributed by atoms with Gasteiger partial charge in [-0.15, -0.1) is 0 Å². The first-order valence-corrected chi connectivity index (χ1v) is 7.55. The van der Waals surface area contributed by atoms with Crippen LogP contribution in [0.2, 0.25) is 0 Å². The predicted octanol–water partition coefficient (Wildman–Crippen LogP) is 1.16. The highest BCUT2D eigenvalue weighted by atomic mass is 16.6. The first kappa shape index (κ1) is 18.7. The summed E-state index contributed by atoms with van der Waals surface area (Å²) in [6.45, 7) is 0. The number of aliphatic carboxylic acids is 1. The highest BCUT2D eigenvalue weighted by Crippen LogP contribution is 2.25. The van der Waals surface area contributed by atoms with Crippen LogP contribution in [0, 0.1) is 10.1 Å². The second kappa shape index (κ2) is 8.47. The van der Waals surface area contributed by atoms with Gasteiger partial charge in [-0.2, -0.15) is 0 Å². The van der Waals surface area contributed by atoms with Crippen molar-refractivity contribution in [1.29, 1.82) is 0 Å². The van der Waals surface area contributed by atoms with Gasteiger partial charge in [-0.1, -0.05) is 12.1 Å². The number of para-hydroxylation sites is 2. The monoisotopic (exact) mass is 358 g/mol. The predicted molar refractivity (Wildman–Crippen MR) is 91.8 cm³/mol. The maximum absolute atomic E-state index is 12.4. The van der Waals surface area contributed by atoms with Crippen molar-refractivity contribution in [3.8, 4) is 5.75 Å². The molecule has 0 saturated carbocycles. The van der Waals surface area contributed by atoms with Crippen LogP contribution in [0.3, 0.4) is 0 Å². The summed E-state index contributed by atoms with van der Waals surface area (Å²) in [5.74, 6) is -1.55. The van der Waals surface area contributed by atoms with Crippen LogP contribution in [-0.2, 0) is 9.59 Å². The maximum Gasteiger partial charge on any atom is 0.292 e. The molecular weight excluding hydrogens is 342 g/mol. The van der Waals surface area contributed by atoms with Crippen molar-refractivity contribution in [2.45, 2.75) is 12.5 Å². The molecule has 136 valence electrons. The molecule has 0 spiro atoms. The fraction of sp³-hybridized carbons (Fsp3) is 0.176. The molecule has 0 aliphatic carbocycles. The zero-order valence-electron chi connectivity index (χ0n) is 13.8. The Kier molecular flexibility index (Phi) is 6.10. The molecule has 0 aromatic heterocycles. The minimum Gasteiger partial charge on any atom is -0.550 e. The normalized spacial score (nSPS) is 11.3. The molecule has 0 radical (unpaired) electrons. The van der Waals surface area contributed by atoms with E-state index in [4.69, 9.17) is 4.74 Å². The number of benzene rings is 2. The molecule has 0 unspecified atom stereocenters. The number of nitro groups is 1. The first-order chi connectivity index (χ1) is 12.4. The third-order valence-electron chi connectivity index (χ3n) is 3.48. The summed E-state index contributed by atoms with van der Waals surface area (Å²) in [5.41, 5.74) is 0.185. The third-order valence-corrected chi connectivity index (χ3v) is 3.48. The molecule has 1 atom stereocenters. The first-order valence-electron chi connectivity index (χ1n) is 7.55. The van der Waals surface area contributed by atoms with E-state index in [1.54, 1.807) is 24.3 Å². The summed E-state index contributed by atoms with van der Waals surface area (Å²) in [5, 5.41) is 27.2. The van der Waals surface area contributed by atoms with Gasteiger partial charge in [0.2, 0.25) is 5.91 Å². The Morgan fingerprint density at radius 2 is 1.81 bits per heavy atom. The van der Waals surface area contributed by atoms with E-state index in [0.717, 1.165) is 0 Å². The van der Waals surface area contributed by atoms with Crippen molar-refractivity contribution in [2.24, 2.45) is 0 Å². The van der Waals surface area contributed by atoms with Gasteiger partial charge in [-0.3, -0.25) is 14.9 Å². The third kappa shape index (κ3) is 4.94. The number of carboxylic acid groups (broad SMARTS) is 1. The van der Waals surface area contributed by atoms with Crippen LogP contribution in [0.1, 0.15) is 6.42 Å². The number of nitrogens with zero attached hydrogens (tertiary/aromatic N) is 1. The van der Waals surface area contributed by atoms with E-state index in [2.05, 4.69) is 10.6 Å². The summed E-state index contributed by atoms with van der Waals surface area (Å²) in [7, 11) is 1.50. The van der Waals surface area contributed by atoms with Crippen LogP contribution in [-0.4, -0.2) is 30.0 Å². The molecule has 0 aliphatic rings. The number of nitro benzene ring substituents is 1. The largest absolute Gasteiger partial charge is 0.550 e. The summed E-state index contributed by atoms with van der Waals surface area (Å²) in [4.78, 5) is 33.8. The summed E-state index contributed by atoms with van der Waals surface area (Å²) in [6.07, 6.45) is -0.659. The quantitative estimate of drug-likeness (QED) is 0.534. The number of carbonyl (C=O) groups is 2. The Morgan fingerprint density at radius 3 is 2.38 bits per heavy atom. The van der Waals surface area contributed by atoms with Gasteiger partial charge in [-0.05, 0) is 30.3 Å². The average molecular weight is 358 g/mol. The van der Waals surface area contributed by atoms with E-state index < -0.39 is 29.3 Å². The van der Waals surface area contributed by atoms with Gasteiger partial charge < -0.3 is 25.3 Å². The molecule has 9 heteroatoms. The summed E-state index contributed by atoms with van der Waals surface area (Å²) in [6, 6.07) is 10.8. The van der Waals surface area contributed by atoms with Gasteiger partial charge in [0, 0.05) is 24.1 Å².